The van der Waals surface area contributed by atoms with Crippen LogP contribution in [0.5, 0.6) is 5.75 Å². The van der Waals surface area contributed by atoms with Crippen molar-refractivity contribution in [3.8, 4) is 5.75 Å². The van der Waals surface area contributed by atoms with Crippen molar-refractivity contribution < 1.29 is 14.6 Å². The zero-order valence-corrected chi connectivity index (χ0v) is 11.7. The van der Waals surface area contributed by atoms with Crippen molar-refractivity contribution in [1.29, 1.82) is 0 Å². The molecule has 0 amide bonds. The van der Waals surface area contributed by atoms with Crippen LogP contribution in [0.25, 0.3) is 0 Å². The molecule has 19 heavy (non-hydrogen) atoms. The second kappa shape index (κ2) is 6.89. The van der Waals surface area contributed by atoms with Gasteiger partial charge in [0.15, 0.2) is 0 Å². The highest BCUT2D eigenvalue weighted by molar-refractivity contribution is 5.28. The highest BCUT2D eigenvalue weighted by Crippen LogP contribution is 2.22. The summed E-state index contributed by atoms with van der Waals surface area (Å²) in [5.74, 6) is 1.42. The van der Waals surface area contributed by atoms with Crippen LogP contribution < -0.4 is 4.74 Å². The Hall–Kier alpha value is -1.10. The normalized spacial score (nSPS) is 21.5. The van der Waals surface area contributed by atoms with Crippen LogP contribution in [-0.2, 0) is 4.74 Å². The highest BCUT2D eigenvalue weighted by Gasteiger charge is 2.24. The van der Waals surface area contributed by atoms with Gasteiger partial charge in [0, 0.05) is 20.2 Å². The van der Waals surface area contributed by atoms with E-state index < -0.39 is 6.10 Å². The molecule has 0 spiro atoms. The second-order valence-electron chi connectivity index (χ2n) is 5.16. The second-order valence-corrected chi connectivity index (χ2v) is 5.16. The number of methoxy groups -OCH3 is 2. The third-order valence-electron chi connectivity index (χ3n) is 3.70. The lowest BCUT2D eigenvalue weighted by molar-refractivity contribution is 0.115. The molecule has 1 saturated heterocycles. The van der Waals surface area contributed by atoms with Gasteiger partial charge in [0.05, 0.1) is 19.8 Å². The molecule has 106 valence electrons. The average Bonchev–Trinajstić information content (AvgIpc) is 2.86. The predicted molar refractivity (Wildman–Crippen MR) is 74.4 cm³/mol. The van der Waals surface area contributed by atoms with Gasteiger partial charge in [0.25, 0.3) is 0 Å². The van der Waals surface area contributed by atoms with Gasteiger partial charge in [-0.25, -0.2) is 0 Å². The van der Waals surface area contributed by atoms with Crippen LogP contribution >= 0.6 is 0 Å². The van der Waals surface area contributed by atoms with Crippen molar-refractivity contribution in [2.75, 3.05) is 40.5 Å². The fourth-order valence-electron chi connectivity index (χ4n) is 2.63. The van der Waals surface area contributed by atoms with Gasteiger partial charge < -0.3 is 19.5 Å². The number of hydrogen-bond acceptors (Lipinski definition) is 4. The molecule has 1 aromatic carbocycles. The Morgan fingerprint density at radius 3 is 2.68 bits per heavy atom. The van der Waals surface area contributed by atoms with Crippen LogP contribution in [0.15, 0.2) is 24.3 Å². The lowest BCUT2D eigenvalue weighted by Crippen LogP contribution is -2.27. The van der Waals surface area contributed by atoms with Crippen LogP contribution in [0.2, 0.25) is 0 Å². The van der Waals surface area contributed by atoms with Crippen molar-refractivity contribution in [2.45, 2.75) is 12.5 Å². The molecule has 0 bridgehead atoms. The lowest BCUT2D eigenvalue weighted by Gasteiger charge is -2.20. The minimum atomic E-state index is -0.438. The third-order valence-corrected chi connectivity index (χ3v) is 3.70. The fourth-order valence-corrected chi connectivity index (χ4v) is 2.63. The molecule has 1 fully saturated rings. The maximum Gasteiger partial charge on any atom is 0.118 e. The molecule has 1 aliphatic rings. The summed E-state index contributed by atoms with van der Waals surface area (Å²) in [6.07, 6.45) is 0.718. The van der Waals surface area contributed by atoms with Crippen molar-refractivity contribution in [3.05, 3.63) is 29.8 Å². The van der Waals surface area contributed by atoms with Crippen molar-refractivity contribution >= 4 is 0 Å². The summed E-state index contributed by atoms with van der Waals surface area (Å²) in [6, 6.07) is 7.62. The summed E-state index contributed by atoms with van der Waals surface area (Å²) in [7, 11) is 3.39. The van der Waals surface area contributed by atoms with Crippen LogP contribution in [0, 0.1) is 5.92 Å². The average molecular weight is 265 g/mol. The molecule has 1 aliphatic heterocycles. The monoisotopic (exact) mass is 265 g/mol. The Morgan fingerprint density at radius 1 is 1.32 bits per heavy atom. The fraction of sp³-hybridized carbons (Fsp3) is 0.600. The summed E-state index contributed by atoms with van der Waals surface area (Å²) in [5.41, 5.74) is 0.941. The van der Waals surface area contributed by atoms with Gasteiger partial charge >= 0.3 is 0 Å². The molecule has 0 radical (unpaired) electrons. The van der Waals surface area contributed by atoms with E-state index >= 15 is 0 Å². The molecule has 0 aromatic heterocycles. The minimum absolute atomic E-state index is 0.438. The molecule has 0 saturated carbocycles. The number of ether oxygens (including phenoxy) is 2. The number of rotatable bonds is 6. The molecule has 2 rings (SSSR count). The molecule has 0 aliphatic carbocycles. The molecule has 4 nitrogen and oxygen atoms in total. The van der Waals surface area contributed by atoms with Gasteiger partial charge in [-0.1, -0.05) is 12.1 Å². The summed E-state index contributed by atoms with van der Waals surface area (Å²) in [5, 5.41) is 10.2. The quantitative estimate of drug-likeness (QED) is 0.850. The van der Waals surface area contributed by atoms with E-state index in [9.17, 15) is 5.11 Å². The van der Waals surface area contributed by atoms with Crippen molar-refractivity contribution in [3.63, 3.8) is 0 Å². The Balaban J connectivity index is 1.85. The molecule has 1 N–H and O–H groups in total. The maximum absolute atomic E-state index is 10.2. The first-order valence-electron chi connectivity index (χ1n) is 6.76. The van der Waals surface area contributed by atoms with Gasteiger partial charge in [0.2, 0.25) is 0 Å². The number of β-amino-alcohol motifs (C(OH)–C–C–N with tert-alkyl or cyclic N) is 1. The van der Waals surface area contributed by atoms with E-state index in [1.165, 1.54) is 0 Å². The Kier molecular flexibility index (Phi) is 5.19. The first-order chi connectivity index (χ1) is 9.22. The highest BCUT2D eigenvalue weighted by atomic mass is 16.5. The van der Waals surface area contributed by atoms with Crippen LogP contribution in [0.1, 0.15) is 18.1 Å². The number of aliphatic hydroxyl groups excluding tert-OH is 1. The van der Waals surface area contributed by atoms with Crippen LogP contribution in [0.3, 0.4) is 0 Å². The number of likely N-dealkylation sites (tertiary alicyclic amines) is 1. The largest absolute Gasteiger partial charge is 0.497 e. The zero-order valence-electron chi connectivity index (χ0n) is 11.7. The number of aliphatic hydroxyl groups is 1. The van der Waals surface area contributed by atoms with E-state index in [1.807, 2.05) is 24.3 Å². The summed E-state index contributed by atoms with van der Waals surface area (Å²) in [6.45, 7) is 3.56. The van der Waals surface area contributed by atoms with Gasteiger partial charge in [0.1, 0.15) is 5.75 Å². The topological polar surface area (TPSA) is 41.9 Å². The van der Waals surface area contributed by atoms with Crippen LogP contribution in [-0.4, -0.2) is 50.5 Å². The summed E-state index contributed by atoms with van der Waals surface area (Å²) >= 11 is 0. The van der Waals surface area contributed by atoms with Gasteiger partial charge in [-0.3, -0.25) is 0 Å². The number of nitrogens with zero attached hydrogens (tertiary/aromatic N) is 1. The number of hydrogen-bond donors (Lipinski definition) is 1. The molecule has 2 atom stereocenters. The smallest absolute Gasteiger partial charge is 0.118 e. The SMILES string of the molecule is COCC1CCN(CC(O)c2ccc(OC)cc2)C1. The van der Waals surface area contributed by atoms with E-state index in [0.717, 1.165) is 37.4 Å². The minimum Gasteiger partial charge on any atom is -0.497 e. The lowest BCUT2D eigenvalue weighted by atomic mass is 10.1. The van der Waals surface area contributed by atoms with Gasteiger partial charge in [-0.2, -0.15) is 0 Å². The maximum atomic E-state index is 10.2. The molecule has 1 aromatic rings. The van der Waals surface area contributed by atoms with Gasteiger partial charge in [-0.15, -0.1) is 0 Å². The predicted octanol–water partition coefficient (Wildman–Crippen LogP) is 1.70. The van der Waals surface area contributed by atoms with Crippen molar-refractivity contribution in [2.24, 2.45) is 5.92 Å². The molecular weight excluding hydrogens is 242 g/mol. The van der Waals surface area contributed by atoms with E-state index in [1.54, 1.807) is 14.2 Å². The van der Waals surface area contributed by atoms with Crippen molar-refractivity contribution in [1.82, 2.24) is 4.90 Å². The van der Waals surface area contributed by atoms with E-state index in [0.29, 0.717) is 12.5 Å². The molecular formula is C15H23NO3. The Morgan fingerprint density at radius 2 is 2.05 bits per heavy atom. The third kappa shape index (κ3) is 3.93. The van der Waals surface area contributed by atoms with Crippen LogP contribution in [0.4, 0.5) is 0 Å². The Labute approximate surface area is 114 Å². The van der Waals surface area contributed by atoms with E-state index in [4.69, 9.17) is 9.47 Å². The molecule has 2 unspecified atom stereocenters. The first-order valence-corrected chi connectivity index (χ1v) is 6.76. The molecule has 1 heterocycles. The summed E-state index contributed by atoms with van der Waals surface area (Å²) < 4.78 is 10.3. The van der Waals surface area contributed by atoms with Gasteiger partial charge in [-0.05, 0) is 36.6 Å². The Bertz CT molecular complexity index is 379. The zero-order chi connectivity index (χ0) is 13.7. The molecule has 4 heteroatoms. The van der Waals surface area contributed by atoms with E-state index in [-0.39, 0.29) is 0 Å². The summed E-state index contributed by atoms with van der Waals surface area (Å²) in [4.78, 5) is 2.30. The standard InChI is InChI=1S/C15H23NO3/c1-18-11-12-7-8-16(9-12)10-15(17)13-3-5-14(19-2)6-4-13/h3-6,12,15,17H,7-11H2,1-2H3. The first kappa shape index (κ1) is 14.3. The number of benzene rings is 1. The van der Waals surface area contributed by atoms with E-state index in [2.05, 4.69) is 4.90 Å².